The second-order valence-electron chi connectivity index (χ2n) is 6.64. The maximum absolute atomic E-state index is 9.71. The van der Waals surface area contributed by atoms with Crippen LogP contribution in [0.4, 0.5) is 5.69 Å². The fourth-order valence-electron chi connectivity index (χ4n) is 3.31. The number of hydrogen-bond donors (Lipinski definition) is 2. The number of anilines is 1. The Morgan fingerprint density at radius 1 is 1.00 bits per heavy atom. The molecule has 3 rings (SSSR count). The first-order valence-corrected chi connectivity index (χ1v) is 8.62. The Morgan fingerprint density at radius 3 is 2.30 bits per heavy atom. The van der Waals surface area contributed by atoms with Gasteiger partial charge in [0.2, 0.25) is 0 Å². The Morgan fingerprint density at radius 2 is 1.65 bits per heavy atom. The first-order valence-electron chi connectivity index (χ1n) is 8.62. The van der Waals surface area contributed by atoms with Crippen molar-refractivity contribution in [1.29, 1.82) is 0 Å². The van der Waals surface area contributed by atoms with Crippen molar-refractivity contribution in [2.75, 3.05) is 57.6 Å². The number of rotatable bonds is 6. The minimum Gasteiger partial charge on any atom is -0.396 e. The van der Waals surface area contributed by atoms with Gasteiger partial charge in [-0.2, -0.15) is 0 Å². The van der Waals surface area contributed by atoms with Gasteiger partial charge in [-0.15, -0.1) is 0 Å². The van der Waals surface area contributed by atoms with E-state index in [0.717, 1.165) is 65.4 Å². The lowest BCUT2D eigenvalue weighted by atomic mass is 9.81. The smallest absolute Gasteiger partial charge is 0.0642 e. The van der Waals surface area contributed by atoms with Crippen molar-refractivity contribution in [1.82, 2.24) is 5.32 Å². The second kappa shape index (κ2) is 8.11. The number of aliphatic hydroxyl groups excluding tert-OH is 1. The lowest BCUT2D eigenvalue weighted by Crippen LogP contribution is -2.41. The van der Waals surface area contributed by atoms with Crippen LogP contribution in [0.3, 0.4) is 0 Å². The molecule has 0 spiro atoms. The zero-order valence-electron chi connectivity index (χ0n) is 13.8. The van der Waals surface area contributed by atoms with Gasteiger partial charge < -0.3 is 24.8 Å². The van der Waals surface area contributed by atoms with Gasteiger partial charge in [0.05, 0.1) is 19.8 Å². The van der Waals surface area contributed by atoms with Crippen molar-refractivity contribution in [3.8, 4) is 0 Å². The Balaban J connectivity index is 1.48. The van der Waals surface area contributed by atoms with E-state index >= 15 is 0 Å². The van der Waals surface area contributed by atoms with Gasteiger partial charge in [0.1, 0.15) is 0 Å². The van der Waals surface area contributed by atoms with Crippen LogP contribution in [-0.2, 0) is 16.0 Å². The Labute approximate surface area is 138 Å². The third kappa shape index (κ3) is 4.44. The summed E-state index contributed by atoms with van der Waals surface area (Å²) in [5.74, 6) is 0. The molecule has 2 aliphatic heterocycles. The van der Waals surface area contributed by atoms with E-state index < -0.39 is 0 Å². The monoisotopic (exact) mass is 320 g/mol. The molecule has 0 amide bonds. The fourth-order valence-corrected chi connectivity index (χ4v) is 3.31. The first-order chi connectivity index (χ1) is 11.3. The molecule has 2 N–H and O–H groups in total. The summed E-state index contributed by atoms with van der Waals surface area (Å²) in [6, 6.07) is 8.76. The Kier molecular flexibility index (Phi) is 5.89. The molecule has 5 nitrogen and oxygen atoms in total. The number of nitrogens with zero attached hydrogens (tertiary/aromatic N) is 1. The van der Waals surface area contributed by atoms with Crippen molar-refractivity contribution >= 4 is 5.69 Å². The molecule has 0 saturated carbocycles. The summed E-state index contributed by atoms with van der Waals surface area (Å²) < 4.78 is 10.8. The summed E-state index contributed by atoms with van der Waals surface area (Å²) in [5.41, 5.74) is 2.54. The topological polar surface area (TPSA) is 54.0 Å². The van der Waals surface area contributed by atoms with Crippen LogP contribution in [0.15, 0.2) is 24.3 Å². The van der Waals surface area contributed by atoms with E-state index in [1.807, 2.05) is 0 Å². The number of aliphatic hydroxyl groups is 1. The molecule has 0 atom stereocenters. The lowest BCUT2D eigenvalue weighted by Gasteiger charge is -2.35. The van der Waals surface area contributed by atoms with Crippen molar-refractivity contribution < 1.29 is 14.6 Å². The van der Waals surface area contributed by atoms with E-state index in [-0.39, 0.29) is 12.0 Å². The molecule has 5 heteroatoms. The van der Waals surface area contributed by atoms with Gasteiger partial charge in [-0.1, -0.05) is 12.1 Å². The minimum atomic E-state index is -0.00794. The molecule has 0 bridgehead atoms. The van der Waals surface area contributed by atoms with Crippen molar-refractivity contribution in [2.45, 2.75) is 19.4 Å². The van der Waals surface area contributed by atoms with Gasteiger partial charge in [-0.25, -0.2) is 0 Å². The summed E-state index contributed by atoms with van der Waals surface area (Å²) in [5, 5.41) is 13.2. The van der Waals surface area contributed by atoms with Crippen molar-refractivity contribution in [3.63, 3.8) is 0 Å². The van der Waals surface area contributed by atoms with Gasteiger partial charge in [0, 0.05) is 50.5 Å². The number of benzene rings is 1. The summed E-state index contributed by atoms with van der Waals surface area (Å²) in [6.07, 6.45) is 1.87. The van der Waals surface area contributed by atoms with Crippen LogP contribution >= 0.6 is 0 Å². The summed E-state index contributed by atoms with van der Waals surface area (Å²) in [6.45, 7) is 7.01. The molecule has 0 radical (unpaired) electrons. The molecule has 2 heterocycles. The van der Waals surface area contributed by atoms with E-state index in [9.17, 15) is 5.11 Å². The van der Waals surface area contributed by atoms with Crippen LogP contribution < -0.4 is 10.2 Å². The molecule has 1 aromatic rings. The number of ether oxygens (including phenoxy) is 2. The first kappa shape index (κ1) is 16.7. The highest BCUT2D eigenvalue weighted by atomic mass is 16.5. The summed E-state index contributed by atoms with van der Waals surface area (Å²) in [7, 11) is 0. The number of hydrogen-bond acceptors (Lipinski definition) is 5. The van der Waals surface area contributed by atoms with E-state index in [1.54, 1.807) is 0 Å². The third-order valence-electron chi connectivity index (χ3n) is 5.03. The van der Waals surface area contributed by atoms with E-state index in [4.69, 9.17) is 9.47 Å². The van der Waals surface area contributed by atoms with Crippen molar-refractivity contribution in [2.24, 2.45) is 5.41 Å². The van der Waals surface area contributed by atoms with Crippen LogP contribution in [0.5, 0.6) is 0 Å². The van der Waals surface area contributed by atoms with Crippen molar-refractivity contribution in [3.05, 3.63) is 29.8 Å². The average Bonchev–Trinajstić information content (AvgIpc) is 2.64. The molecule has 2 fully saturated rings. The quantitative estimate of drug-likeness (QED) is 0.830. The van der Waals surface area contributed by atoms with Gasteiger partial charge in [-0.3, -0.25) is 0 Å². The summed E-state index contributed by atoms with van der Waals surface area (Å²) in [4.78, 5) is 2.36. The normalized spacial score (nSPS) is 21.3. The average molecular weight is 320 g/mol. The van der Waals surface area contributed by atoms with Gasteiger partial charge in [-0.05, 0) is 30.5 Å². The molecule has 23 heavy (non-hydrogen) atoms. The maximum atomic E-state index is 9.71. The van der Waals surface area contributed by atoms with E-state index in [1.165, 1.54) is 11.3 Å². The lowest BCUT2D eigenvalue weighted by molar-refractivity contribution is -0.0154. The molecule has 0 aliphatic carbocycles. The highest BCUT2D eigenvalue weighted by Crippen LogP contribution is 2.29. The molecule has 0 aromatic heterocycles. The largest absolute Gasteiger partial charge is 0.396 e. The second-order valence-corrected chi connectivity index (χ2v) is 6.64. The van der Waals surface area contributed by atoms with E-state index in [0.29, 0.717) is 0 Å². The maximum Gasteiger partial charge on any atom is 0.0642 e. The van der Waals surface area contributed by atoms with Gasteiger partial charge in [0.25, 0.3) is 0 Å². The van der Waals surface area contributed by atoms with Crippen LogP contribution in [0.2, 0.25) is 0 Å². The summed E-state index contributed by atoms with van der Waals surface area (Å²) >= 11 is 0. The molecule has 0 unspecified atom stereocenters. The number of nitrogens with one attached hydrogen (secondary N) is 1. The third-order valence-corrected chi connectivity index (χ3v) is 5.03. The number of morpholine rings is 1. The van der Waals surface area contributed by atoms with Crippen LogP contribution in [-0.4, -0.2) is 57.8 Å². The molecular weight excluding hydrogens is 292 g/mol. The highest BCUT2D eigenvalue weighted by Gasteiger charge is 2.31. The molecule has 2 aliphatic rings. The fraction of sp³-hybridized carbons (Fsp3) is 0.667. The van der Waals surface area contributed by atoms with Gasteiger partial charge >= 0.3 is 0 Å². The SMILES string of the molecule is OCC1(CNCc2ccc(N3CCOCC3)cc2)CCOCC1. The molecule has 2 saturated heterocycles. The zero-order chi connectivity index (χ0) is 16.0. The zero-order valence-corrected chi connectivity index (χ0v) is 13.8. The predicted octanol–water partition coefficient (Wildman–Crippen LogP) is 1.40. The highest BCUT2D eigenvalue weighted by molar-refractivity contribution is 5.47. The van der Waals surface area contributed by atoms with Crippen LogP contribution in [0, 0.1) is 5.41 Å². The van der Waals surface area contributed by atoms with Crippen LogP contribution in [0.25, 0.3) is 0 Å². The van der Waals surface area contributed by atoms with E-state index in [2.05, 4.69) is 34.5 Å². The standard InChI is InChI=1S/C18H28N2O3/c21-15-18(5-9-22-10-6-18)14-19-13-16-1-3-17(4-2-16)20-7-11-23-12-8-20/h1-4,19,21H,5-15H2. The Hall–Kier alpha value is -1.14. The minimum absolute atomic E-state index is 0.00794. The molecule has 128 valence electrons. The molecular formula is C18H28N2O3. The molecule has 1 aromatic carbocycles. The Bertz CT molecular complexity index is 466. The van der Waals surface area contributed by atoms with Crippen LogP contribution in [0.1, 0.15) is 18.4 Å². The van der Waals surface area contributed by atoms with Gasteiger partial charge in [0.15, 0.2) is 0 Å². The predicted molar refractivity (Wildman–Crippen MR) is 90.8 cm³/mol.